The minimum atomic E-state index is -1.06. The van der Waals surface area contributed by atoms with Crippen molar-refractivity contribution < 1.29 is 23.7 Å². The molecule has 0 aromatic heterocycles. The largest absolute Gasteiger partial charge is 0.374 e. The molecule has 0 aromatic rings. The van der Waals surface area contributed by atoms with Gasteiger partial charge in [-0.05, 0) is 19.3 Å². The lowest BCUT2D eigenvalue weighted by Crippen LogP contribution is -2.52. The second-order valence-electron chi connectivity index (χ2n) is 5.08. The molecule has 0 bridgehead atoms. The SMILES string of the molecule is CCCOC([SiH3])C(OCCC)(OCCC)OCC1CO1. The molecule has 20 heavy (non-hydrogen) atoms. The van der Waals surface area contributed by atoms with Crippen molar-refractivity contribution in [1.82, 2.24) is 0 Å². The molecule has 1 saturated heterocycles. The van der Waals surface area contributed by atoms with Crippen molar-refractivity contribution >= 4 is 10.2 Å². The number of hydrogen-bond donors (Lipinski definition) is 0. The van der Waals surface area contributed by atoms with Gasteiger partial charge in [-0.2, -0.15) is 0 Å². The normalized spacial score (nSPS) is 20.2. The van der Waals surface area contributed by atoms with Crippen molar-refractivity contribution in [2.75, 3.05) is 33.0 Å². The molecule has 1 heterocycles. The Morgan fingerprint density at radius 2 is 1.60 bits per heavy atom. The van der Waals surface area contributed by atoms with Crippen LogP contribution in [0.2, 0.25) is 0 Å². The van der Waals surface area contributed by atoms with E-state index in [-0.39, 0.29) is 11.8 Å². The third kappa shape index (κ3) is 6.20. The molecule has 1 rings (SSSR count). The molecule has 0 spiro atoms. The van der Waals surface area contributed by atoms with Gasteiger partial charge in [0, 0.05) is 16.8 Å². The van der Waals surface area contributed by atoms with E-state index in [0.717, 1.165) is 36.1 Å². The van der Waals surface area contributed by atoms with E-state index in [1.165, 1.54) is 0 Å². The van der Waals surface area contributed by atoms with Crippen LogP contribution in [0.5, 0.6) is 0 Å². The molecule has 0 N–H and O–H groups in total. The van der Waals surface area contributed by atoms with Crippen LogP contribution in [-0.4, -0.2) is 61.1 Å². The molecule has 120 valence electrons. The van der Waals surface area contributed by atoms with Gasteiger partial charge in [0.15, 0.2) is 0 Å². The van der Waals surface area contributed by atoms with Gasteiger partial charge in [0.05, 0.1) is 26.4 Å². The predicted molar refractivity (Wildman–Crippen MR) is 80.9 cm³/mol. The standard InChI is InChI=1S/C14H30O5Si/c1-4-7-15-13(20)14(17-8-5-2,18-9-6-3)19-11-12-10-16-12/h12-13H,4-11H2,1-3,20H3. The van der Waals surface area contributed by atoms with Gasteiger partial charge in [0.2, 0.25) is 0 Å². The van der Waals surface area contributed by atoms with Crippen LogP contribution < -0.4 is 0 Å². The van der Waals surface area contributed by atoms with E-state index in [4.69, 9.17) is 23.7 Å². The molecule has 1 fully saturated rings. The molecule has 5 nitrogen and oxygen atoms in total. The molecular formula is C14H30O5Si. The quantitative estimate of drug-likeness (QED) is 0.289. The van der Waals surface area contributed by atoms with Gasteiger partial charge in [0.1, 0.15) is 11.8 Å². The van der Waals surface area contributed by atoms with E-state index >= 15 is 0 Å². The predicted octanol–water partition coefficient (Wildman–Crippen LogP) is 1.03. The summed E-state index contributed by atoms with van der Waals surface area (Å²) in [5, 5.41) is 0. The smallest absolute Gasteiger partial charge is 0.306 e. The Kier molecular flexibility index (Phi) is 8.91. The van der Waals surface area contributed by atoms with Crippen molar-refractivity contribution in [2.45, 2.75) is 57.8 Å². The van der Waals surface area contributed by atoms with Crippen molar-refractivity contribution in [3.63, 3.8) is 0 Å². The van der Waals surface area contributed by atoms with Crippen LogP contribution in [0.3, 0.4) is 0 Å². The van der Waals surface area contributed by atoms with E-state index in [0.29, 0.717) is 26.4 Å². The highest BCUT2D eigenvalue weighted by molar-refractivity contribution is 6.11. The average Bonchev–Trinajstić information content (AvgIpc) is 3.28. The molecule has 0 amide bonds. The summed E-state index contributed by atoms with van der Waals surface area (Å²) in [5.41, 5.74) is -0.140. The molecule has 2 atom stereocenters. The Labute approximate surface area is 125 Å². The van der Waals surface area contributed by atoms with Gasteiger partial charge >= 0.3 is 5.97 Å². The molecule has 1 aliphatic heterocycles. The van der Waals surface area contributed by atoms with Crippen LogP contribution in [0.1, 0.15) is 40.0 Å². The first kappa shape index (κ1) is 18.1. The summed E-state index contributed by atoms with van der Waals surface area (Å²) in [4.78, 5) is 0. The molecule has 1 aliphatic rings. The first-order valence-electron chi connectivity index (χ1n) is 7.83. The van der Waals surface area contributed by atoms with Crippen LogP contribution in [-0.2, 0) is 23.7 Å². The maximum absolute atomic E-state index is 5.96. The van der Waals surface area contributed by atoms with Crippen molar-refractivity contribution in [1.29, 1.82) is 0 Å². The Bertz CT molecular complexity index is 240. The maximum Gasteiger partial charge on any atom is 0.306 e. The highest BCUT2D eigenvalue weighted by Gasteiger charge is 2.42. The van der Waals surface area contributed by atoms with Gasteiger partial charge in [0.25, 0.3) is 0 Å². The summed E-state index contributed by atoms with van der Waals surface area (Å²) < 4.78 is 28.9. The van der Waals surface area contributed by atoms with Gasteiger partial charge in [-0.25, -0.2) is 0 Å². The van der Waals surface area contributed by atoms with E-state index < -0.39 is 5.97 Å². The van der Waals surface area contributed by atoms with Crippen molar-refractivity contribution in [2.24, 2.45) is 0 Å². The summed E-state index contributed by atoms with van der Waals surface area (Å²) in [5.74, 6) is -1.06. The fraction of sp³-hybridized carbons (Fsp3) is 1.00. The molecule has 0 saturated carbocycles. The van der Waals surface area contributed by atoms with E-state index in [9.17, 15) is 0 Å². The first-order chi connectivity index (χ1) is 9.68. The highest BCUT2D eigenvalue weighted by atomic mass is 28.1. The number of epoxide rings is 1. The Morgan fingerprint density at radius 3 is 2.05 bits per heavy atom. The average molecular weight is 306 g/mol. The summed E-state index contributed by atoms with van der Waals surface area (Å²) in [6.45, 7) is 9.40. The van der Waals surface area contributed by atoms with Crippen LogP contribution >= 0.6 is 0 Å². The third-order valence-electron chi connectivity index (χ3n) is 2.96. The molecular weight excluding hydrogens is 276 g/mol. The minimum Gasteiger partial charge on any atom is -0.374 e. The Balaban J connectivity index is 2.65. The van der Waals surface area contributed by atoms with Gasteiger partial charge in [-0.3, -0.25) is 0 Å². The molecule has 0 aliphatic carbocycles. The zero-order valence-electron chi connectivity index (χ0n) is 13.4. The van der Waals surface area contributed by atoms with Crippen LogP contribution in [0.4, 0.5) is 0 Å². The minimum absolute atomic E-state index is 0.140. The topological polar surface area (TPSA) is 49.5 Å². The van der Waals surface area contributed by atoms with Crippen LogP contribution in [0.15, 0.2) is 0 Å². The Morgan fingerprint density at radius 1 is 1.05 bits per heavy atom. The molecule has 2 unspecified atom stereocenters. The second kappa shape index (κ2) is 9.86. The zero-order chi connectivity index (χ0) is 14.8. The van der Waals surface area contributed by atoms with Gasteiger partial charge < -0.3 is 23.7 Å². The summed E-state index contributed by atoms with van der Waals surface area (Å²) in [6.07, 6.45) is 3.00. The molecule has 0 aromatic carbocycles. The Hall–Kier alpha value is 0.0169. The maximum atomic E-state index is 5.96. The molecule has 0 radical (unpaired) electrons. The monoisotopic (exact) mass is 306 g/mol. The lowest BCUT2D eigenvalue weighted by atomic mass is 10.4. The fourth-order valence-electron chi connectivity index (χ4n) is 1.74. The summed E-state index contributed by atoms with van der Waals surface area (Å²) in [6, 6.07) is 0. The van der Waals surface area contributed by atoms with Crippen LogP contribution in [0, 0.1) is 0 Å². The molecule has 6 heteroatoms. The number of hydrogen-bond acceptors (Lipinski definition) is 5. The number of rotatable bonds is 13. The van der Waals surface area contributed by atoms with Crippen molar-refractivity contribution in [3.8, 4) is 0 Å². The second-order valence-corrected chi connectivity index (χ2v) is 6.13. The van der Waals surface area contributed by atoms with Crippen molar-refractivity contribution in [3.05, 3.63) is 0 Å². The van der Waals surface area contributed by atoms with Crippen LogP contribution in [0.25, 0.3) is 0 Å². The number of ether oxygens (including phenoxy) is 5. The lowest BCUT2D eigenvalue weighted by Gasteiger charge is -2.37. The van der Waals surface area contributed by atoms with E-state index in [1.54, 1.807) is 0 Å². The third-order valence-corrected chi connectivity index (χ3v) is 4.00. The van der Waals surface area contributed by atoms with E-state index in [2.05, 4.69) is 20.8 Å². The first-order valence-corrected chi connectivity index (χ1v) is 8.99. The lowest BCUT2D eigenvalue weighted by molar-refractivity contribution is -0.404. The summed E-state index contributed by atoms with van der Waals surface area (Å²) in [7, 11) is 0.786. The zero-order valence-corrected chi connectivity index (χ0v) is 15.4. The fourth-order valence-corrected chi connectivity index (χ4v) is 2.47. The summed E-state index contributed by atoms with van der Waals surface area (Å²) >= 11 is 0. The van der Waals surface area contributed by atoms with Gasteiger partial charge in [-0.1, -0.05) is 20.8 Å². The van der Waals surface area contributed by atoms with E-state index in [1.807, 2.05) is 0 Å². The van der Waals surface area contributed by atoms with Gasteiger partial charge in [-0.15, -0.1) is 0 Å². The highest BCUT2D eigenvalue weighted by Crippen LogP contribution is 2.25.